The van der Waals surface area contributed by atoms with Crippen LogP contribution in [0.15, 0.2) is 0 Å². The maximum atomic E-state index is 8.30. The van der Waals surface area contributed by atoms with Gasteiger partial charge in [0.1, 0.15) is 0 Å². The molecule has 0 fully saturated rings. The fourth-order valence-electron chi connectivity index (χ4n) is 0.199. The molecule has 0 amide bonds. The van der Waals surface area contributed by atoms with Crippen molar-refractivity contribution in [1.29, 1.82) is 0 Å². The average molecular weight is 122 g/mol. The van der Waals surface area contributed by atoms with Crippen LogP contribution in [-0.2, 0) is 9.62 Å². The van der Waals surface area contributed by atoms with Crippen LogP contribution in [-0.4, -0.2) is 29.9 Å². The van der Waals surface area contributed by atoms with Crippen LogP contribution in [0.4, 0.5) is 0 Å². The largest absolute Gasteiger partial charge is 0.394 e. The molecule has 0 bridgehead atoms. The van der Waals surface area contributed by atoms with Gasteiger partial charge in [-0.05, 0) is 6.92 Å². The smallest absolute Gasteiger partial charge is 0.180 e. The molecule has 50 valence electrons. The molecule has 0 aliphatic rings. The topological polar surface area (TPSA) is 58.9 Å². The Labute approximate surface area is 47.6 Å². The first-order valence-electron chi connectivity index (χ1n) is 2.30. The Morgan fingerprint density at radius 2 is 2.25 bits per heavy atom. The van der Waals surface area contributed by atoms with Gasteiger partial charge in [0.2, 0.25) is 0 Å². The first-order valence-corrected chi connectivity index (χ1v) is 2.30. The molecule has 0 aliphatic carbocycles. The second kappa shape index (κ2) is 4.99. The minimum Gasteiger partial charge on any atom is -0.394 e. The zero-order valence-electron chi connectivity index (χ0n) is 4.70. The molecule has 0 spiro atoms. The van der Waals surface area contributed by atoms with Crippen molar-refractivity contribution in [3.8, 4) is 0 Å². The third kappa shape index (κ3) is 4.01. The molecule has 4 heteroatoms. The van der Waals surface area contributed by atoms with Crippen molar-refractivity contribution in [2.75, 3.05) is 13.4 Å². The van der Waals surface area contributed by atoms with Crippen LogP contribution in [0.1, 0.15) is 6.92 Å². The van der Waals surface area contributed by atoms with E-state index in [4.69, 9.17) is 10.4 Å². The lowest BCUT2D eigenvalue weighted by molar-refractivity contribution is -0.303. The van der Waals surface area contributed by atoms with E-state index in [2.05, 4.69) is 9.62 Å². The Morgan fingerprint density at radius 1 is 1.62 bits per heavy atom. The molecule has 0 aromatic heterocycles. The third-order valence-electron chi connectivity index (χ3n) is 0.662. The van der Waals surface area contributed by atoms with Gasteiger partial charge in [0.15, 0.2) is 6.79 Å². The van der Waals surface area contributed by atoms with Crippen LogP contribution in [0, 0.1) is 0 Å². The molecule has 8 heavy (non-hydrogen) atoms. The lowest BCUT2D eigenvalue weighted by Gasteiger charge is -2.05. The summed E-state index contributed by atoms with van der Waals surface area (Å²) in [5.41, 5.74) is 0. The van der Waals surface area contributed by atoms with E-state index in [0.29, 0.717) is 0 Å². The standard InChI is InChI=1S/C4H10O4/c1-4(2-5)7-3-8-6/h4-6H,2-3H2,1H3. The molecule has 0 saturated heterocycles. The molecule has 2 N–H and O–H groups in total. The van der Waals surface area contributed by atoms with Crippen LogP contribution in [0.3, 0.4) is 0 Å². The maximum absolute atomic E-state index is 8.30. The number of rotatable bonds is 4. The molecular weight excluding hydrogens is 112 g/mol. The molecule has 0 radical (unpaired) electrons. The summed E-state index contributed by atoms with van der Waals surface area (Å²) in [7, 11) is 0. The van der Waals surface area contributed by atoms with Gasteiger partial charge in [0.05, 0.1) is 12.7 Å². The van der Waals surface area contributed by atoms with Gasteiger partial charge in [-0.15, -0.1) is 0 Å². The molecule has 1 atom stereocenters. The summed E-state index contributed by atoms with van der Waals surface area (Å²) in [5.74, 6) is 0. The molecule has 0 aromatic rings. The highest BCUT2D eigenvalue weighted by Gasteiger charge is 1.96. The molecule has 0 aromatic carbocycles. The molecular formula is C4H10O4. The Hall–Kier alpha value is -0.160. The third-order valence-corrected chi connectivity index (χ3v) is 0.662. The number of aliphatic hydroxyl groups is 1. The van der Waals surface area contributed by atoms with Crippen molar-refractivity contribution >= 4 is 0 Å². The van der Waals surface area contributed by atoms with Crippen molar-refractivity contribution in [3.63, 3.8) is 0 Å². The highest BCUT2D eigenvalue weighted by atomic mass is 17.1. The van der Waals surface area contributed by atoms with E-state index < -0.39 is 0 Å². The van der Waals surface area contributed by atoms with Gasteiger partial charge in [-0.25, -0.2) is 10.1 Å². The monoisotopic (exact) mass is 122 g/mol. The number of aliphatic hydroxyl groups excluding tert-OH is 1. The summed E-state index contributed by atoms with van der Waals surface area (Å²) >= 11 is 0. The SMILES string of the molecule is CC(CO)OCOO. The molecule has 4 nitrogen and oxygen atoms in total. The molecule has 1 unspecified atom stereocenters. The zero-order chi connectivity index (χ0) is 6.41. The molecule has 0 heterocycles. The van der Waals surface area contributed by atoms with Crippen molar-refractivity contribution in [3.05, 3.63) is 0 Å². The van der Waals surface area contributed by atoms with E-state index in [0.717, 1.165) is 0 Å². The lowest BCUT2D eigenvalue weighted by atomic mass is 10.4. The van der Waals surface area contributed by atoms with E-state index in [1.165, 1.54) is 0 Å². The summed E-state index contributed by atoms with van der Waals surface area (Å²) < 4.78 is 4.62. The van der Waals surface area contributed by atoms with Crippen LogP contribution in [0.25, 0.3) is 0 Å². The van der Waals surface area contributed by atoms with Crippen molar-refractivity contribution < 1.29 is 20.0 Å². The van der Waals surface area contributed by atoms with Crippen molar-refractivity contribution in [1.82, 2.24) is 0 Å². The fraction of sp³-hybridized carbons (Fsp3) is 1.00. The normalized spacial score (nSPS) is 13.9. The maximum Gasteiger partial charge on any atom is 0.180 e. The van der Waals surface area contributed by atoms with E-state index >= 15 is 0 Å². The van der Waals surface area contributed by atoms with Crippen LogP contribution in [0.2, 0.25) is 0 Å². The van der Waals surface area contributed by atoms with Crippen LogP contribution in [0.5, 0.6) is 0 Å². The van der Waals surface area contributed by atoms with Crippen LogP contribution >= 0.6 is 0 Å². The average Bonchev–Trinajstić information content (AvgIpc) is 1.83. The molecule has 0 saturated carbocycles. The first kappa shape index (κ1) is 7.84. The molecule has 0 rings (SSSR count). The summed E-state index contributed by atoms with van der Waals surface area (Å²) in [5, 5.41) is 16.0. The van der Waals surface area contributed by atoms with E-state index in [9.17, 15) is 0 Å². The van der Waals surface area contributed by atoms with Crippen molar-refractivity contribution in [2.24, 2.45) is 0 Å². The van der Waals surface area contributed by atoms with E-state index in [-0.39, 0.29) is 19.5 Å². The van der Waals surface area contributed by atoms with Gasteiger partial charge < -0.3 is 9.84 Å². The number of ether oxygens (including phenoxy) is 1. The van der Waals surface area contributed by atoms with Crippen molar-refractivity contribution in [2.45, 2.75) is 13.0 Å². The highest BCUT2D eigenvalue weighted by Crippen LogP contribution is 1.86. The predicted molar refractivity (Wildman–Crippen MR) is 26.2 cm³/mol. The van der Waals surface area contributed by atoms with E-state index in [1.54, 1.807) is 6.92 Å². The fourth-order valence-corrected chi connectivity index (χ4v) is 0.199. The minimum atomic E-state index is -0.276. The quantitative estimate of drug-likeness (QED) is 0.309. The Balaban J connectivity index is 2.86. The number of hydrogen-bond donors (Lipinski definition) is 2. The Bertz CT molecular complexity index is 47.3. The molecule has 0 aliphatic heterocycles. The van der Waals surface area contributed by atoms with Gasteiger partial charge in [-0.2, -0.15) is 0 Å². The Morgan fingerprint density at radius 3 is 2.62 bits per heavy atom. The summed E-state index contributed by atoms with van der Waals surface area (Å²) in [6.45, 7) is 1.41. The zero-order valence-corrected chi connectivity index (χ0v) is 4.70. The summed E-state index contributed by atoms with van der Waals surface area (Å²) in [4.78, 5) is 3.58. The summed E-state index contributed by atoms with van der Waals surface area (Å²) in [6, 6.07) is 0. The number of hydrogen-bond acceptors (Lipinski definition) is 4. The van der Waals surface area contributed by atoms with Gasteiger partial charge in [0.25, 0.3) is 0 Å². The van der Waals surface area contributed by atoms with Gasteiger partial charge in [0, 0.05) is 0 Å². The van der Waals surface area contributed by atoms with Gasteiger partial charge in [-0.3, -0.25) is 0 Å². The second-order valence-electron chi connectivity index (χ2n) is 1.41. The lowest BCUT2D eigenvalue weighted by Crippen LogP contribution is -2.14. The summed E-state index contributed by atoms with van der Waals surface area (Å²) in [6.07, 6.45) is -0.276. The highest BCUT2D eigenvalue weighted by molar-refractivity contribution is 4.39. The Kier molecular flexibility index (Phi) is 4.89. The van der Waals surface area contributed by atoms with Gasteiger partial charge in [-0.1, -0.05) is 0 Å². The van der Waals surface area contributed by atoms with Gasteiger partial charge >= 0.3 is 0 Å². The minimum absolute atomic E-state index is 0.0661. The second-order valence-corrected chi connectivity index (χ2v) is 1.41. The van der Waals surface area contributed by atoms with E-state index in [1.807, 2.05) is 0 Å². The predicted octanol–water partition coefficient (Wildman–Crippen LogP) is -0.169. The van der Waals surface area contributed by atoms with Crippen LogP contribution < -0.4 is 0 Å². The first-order chi connectivity index (χ1) is 3.81.